The maximum absolute atomic E-state index is 12.9. The standard InChI is InChI=1S/C15H20N2O2S2/c1-3-12-7-8-13(16)10-15(12)21(18,19)17(4-2)11-14-6-5-9-20-14/h5-10H,3-4,11,16H2,1-2H3. The highest BCUT2D eigenvalue weighted by Crippen LogP contribution is 2.25. The van der Waals surface area contributed by atoms with Crippen molar-refractivity contribution in [3.63, 3.8) is 0 Å². The van der Waals surface area contributed by atoms with E-state index in [1.54, 1.807) is 29.5 Å². The van der Waals surface area contributed by atoms with E-state index in [4.69, 9.17) is 5.73 Å². The van der Waals surface area contributed by atoms with E-state index in [2.05, 4.69) is 0 Å². The van der Waals surface area contributed by atoms with E-state index in [0.29, 0.717) is 30.1 Å². The first kappa shape index (κ1) is 16.0. The first-order valence-electron chi connectivity index (χ1n) is 6.90. The van der Waals surface area contributed by atoms with Crippen LogP contribution >= 0.6 is 11.3 Å². The van der Waals surface area contributed by atoms with Gasteiger partial charge in [-0.3, -0.25) is 0 Å². The molecule has 0 aliphatic heterocycles. The monoisotopic (exact) mass is 324 g/mol. The molecule has 2 rings (SSSR count). The molecule has 0 radical (unpaired) electrons. The van der Waals surface area contributed by atoms with E-state index in [-0.39, 0.29) is 0 Å². The summed E-state index contributed by atoms with van der Waals surface area (Å²) in [4.78, 5) is 1.35. The lowest BCUT2D eigenvalue weighted by molar-refractivity contribution is 0.426. The van der Waals surface area contributed by atoms with E-state index in [9.17, 15) is 8.42 Å². The Balaban J connectivity index is 2.41. The second kappa shape index (κ2) is 6.60. The van der Waals surface area contributed by atoms with Crippen LogP contribution in [0.15, 0.2) is 40.6 Å². The molecule has 114 valence electrons. The van der Waals surface area contributed by atoms with Crippen LogP contribution in [0.25, 0.3) is 0 Å². The number of nitrogens with two attached hydrogens (primary N) is 1. The molecule has 6 heteroatoms. The van der Waals surface area contributed by atoms with Crippen LogP contribution in [0.2, 0.25) is 0 Å². The number of nitrogens with zero attached hydrogens (tertiary/aromatic N) is 1. The minimum Gasteiger partial charge on any atom is -0.399 e. The molecule has 0 aliphatic carbocycles. The summed E-state index contributed by atoms with van der Waals surface area (Å²) < 4.78 is 27.3. The Bertz CT molecular complexity index is 694. The van der Waals surface area contributed by atoms with Gasteiger partial charge in [-0.1, -0.05) is 26.0 Å². The Hall–Kier alpha value is -1.37. The number of hydrogen-bond donors (Lipinski definition) is 1. The Morgan fingerprint density at radius 2 is 2.00 bits per heavy atom. The zero-order valence-corrected chi connectivity index (χ0v) is 13.9. The number of hydrogen-bond acceptors (Lipinski definition) is 4. The van der Waals surface area contributed by atoms with Crippen molar-refractivity contribution in [1.29, 1.82) is 0 Å². The number of thiophene rings is 1. The van der Waals surface area contributed by atoms with E-state index >= 15 is 0 Å². The van der Waals surface area contributed by atoms with Gasteiger partial charge in [0.25, 0.3) is 0 Å². The molecule has 0 fully saturated rings. The second-order valence-corrected chi connectivity index (χ2v) is 7.67. The first-order chi connectivity index (χ1) is 9.98. The Morgan fingerprint density at radius 1 is 1.24 bits per heavy atom. The Morgan fingerprint density at radius 3 is 2.57 bits per heavy atom. The quantitative estimate of drug-likeness (QED) is 0.831. The molecular formula is C15H20N2O2S2. The van der Waals surface area contributed by atoms with Crippen molar-refractivity contribution < 1.29 is 8.42 Å². The zero-order valence-electron chi connectivity index (χ0n) is 12.2. The summed E-state index contributed by atoms with van der Waals surface area (Å²) in [5.41, 5.74) is 7.05. The number of anilines is 1. The van der Waals surface area contributed by atoms with E-state index in [1.807, 2.05) is 31.4 Å². The summed E-state index contributed by atoms with van der Waals surface area (Å²) in [6, 6.07) is 8.97. The third kappa shape index (κ3) is 3.45. The topological polar surface area (TPSA) is 63.4 Å². The molecule has 21 heavy (non-hydrogen) atoms. The van der Waals surface area contributed by atoms with Crippen molar-refractivity contribution in [2.24, 2.45) is 0 Å². The fourth-order valence-corrected chi connectivity index (χ4v) is 4.74. The van der Waals surface area contributed by atoms with Crippen molar-refractivity contribution in [2.75, 3.05) is 12.3 Å². The van der Waals surface area contributed by atoms with Gasteiger partial charge in [0.2, 0.25) is 10.0 Å². The number of aryl methyl sites for hydroxylation is 1. The summed E-state index contributed by atoms with van der Waals surface area (Å²) in [5, 5.41) is 1.95. The van der Waals surface area contributed by atoms with Gasteiger partial charge in [0.05, 0.1) is 4.90 Å². The highest BCUT2D eigenvalue weighted by Gasteiger charge is 2.26. The predicted molar refractivity (Wildman–Crippen MR) is 87.8 cm³/mol. The molecule has 1 aromatic heterocycles. The van der Waals surface area contributed by atoms with Crippen LogP contribution in [0, 0.1) is 0 Å². The SMILES string of the molecule is CCc1ccc(N)cc1S(=O)(=O)N(CC)Cc1cccs1. The molecule has 2 aromatic rings. The zero-order chi connectivity index (χ0) is 15.5. The van der Waals surface area contributed by atoms with Gasteiger partial charge in [0.1, 0.15) is 0 Å². The average molecular weight is 324 g/mol. The molecule has 2 N–H and O–H groups in total. The number of nitrogen functional groups attached to an aromatic ring is 1. The fourth-order valence-electron chi connectivity index (χ4n) is 2.19. The molecule has 0 bridgehead atoms. The van der Waals surface area contributed by atoms with Crippen LogP contribution in [0.3, 0.4) is 0 Å². The molecule has 4 nitrogen and oxygen atoms in total. The van der Waals surface area contributed by atoms with Crippen LogP contribution in [-0.4, -0.2) is 19.3 Å². The third-order valence-corrected chi connectivity index (χ3v) is 6.22. The number of benzene rings is 1. The minimum atomic E-state index is -3.53. The van der Waals surface area contributed by atoms with Gasteiger partial charge in [-0.25, -0.2) is 8.42 Å². The van der Waals surface area contributed by atoms with Gasteiger partial charge in [-0.05, 0) is 35.6 Å². The Labute approximate surface area is 130 Å². The normalized spacial score (nSPS) is 12.0. The lowest BCUT2D eigenvalue weighted by Crippen LogP contribution is -2.31. The molecule has 0 spiro atoms. The number of sulfonamides is 1. The summed E-state index contributed by atoms with van der Waals surface area (Å²) in [5.74, 6) is 0. The predicted octanol–water partition coefficient (Wildman–Crippen LogP) is 3.10. The maximum atomic E-state index is 12.9. The van der Waals surface area contributed by atoms with Crippen molar-refractivity contribution in [3.05, 3.63) is 46.2 Å². The lowest BCUT2D eigenvalue weighted by atomic mass is 10.1. The van der Waals surface area contributed by atoms with Crippen molar-refractivity contribution >= 4 is 27.0 Å². The van der Waals surface area contributed by atoms with Crippen LogP contribution in [0.1, 0.15) is 24.3 Å². The van der Waals surface area contributed by atoms with Gasteiger partial charge in [-0.15, -0.1) is 11.3 Å². The molecular weight excluding hydrogens is 304 g/mol. The molecule has 0 aliphatic rings. The largest absolute Gasteiger partial charge is 0.399 e. The molecule has 0 atom stereocenters. The van der Waals surface area contributed by atoms with Crippen molar-refractivity contribution in [3.8, 4) is 0 Å². The van der Waals surface area contributed by atoms with Crippen molar-refractivity contribution in [1.82, 2.24) is 4.31 Å². The molecule has 0 saturated carbocycles. The van der Waals surface area contributed by atoms with Crippen molar-refractivity contribution in [2.45, 2.75) is 31.7 Å². The smallest absolute Gasteiger partial charge is 0.243 e. The molecule has 0 unspecified atom stereocenters. The first-order valence-corrected chi connectivity index (χ1v) is 9.22. The fraction of sp³-hybridized carbons (Fsp3) is 0.333. The summed E-state index contributed by atoms with van der Waals surface area (Å²) >= 11 is 1.56. The van der Waals surface area contributed by atoms with E-state index < -0.39 is 10.0 Å². The highest BCUT2D eigenvalue weighted by atomic mass is 32.2. The third-order valence-electron chi connectivity index (χ3n) is 3.35. The maximum Gasteiger partial charge on any atom is 0.243 e. The lowest BCUT2D eigenvalue weighted by Gasteiger charge is -2.21. The number of rotatable bonds is 6. The van der Waals surface area contributed by atoms with Gasteiger partial charge < -0.3 is 5.73 Å². The molecule has 1 heterocycles. The molecule has 1 aromatic carbocycles. The molecule has 0 amide bonds. The van der Waals surface area contributed by atoms with Crippen LogP contribution in [-0.2, 0) is 23.0 Å². The summed E-state index contributed by atoms with van der Waals surface area (Å²) in [6.45, 7) is 4.62. The van der Waals surface area contributed by atoms with Crippen LogP contribution in [0.4, 0.5) is 5.69 Å². The highest BCUT2D eigenvalue weighted by molar-refractivity contribution is 7.89. The van der Waals surface area contributed by atoms with Crippen LogP contribution < -0.4 is 5.73 Å². The Kier molecular flexibility index (Phi) is 5.03. The van der Waals surface area contributed by atoms with Crippen LogP contribution in [0.5, 0.6) is 0 Å². The average Bonchev–Trinajstić information content (AvgIpc) is 2.97. The van der Waals surface area contributed by atoms with E-state index in [1.165, 1.54) is 4.31 Å². The van der Waals surface area contributed by atoms with Gasteiger partial charge in [0.15, 0.2) is 0 Å². The summed E-state index contributed by atoms with van der Waals surface area (Å²) in [6.07, 6.45) is 0.658. The molecule has 0 saturated heterocycles. The second-order valence-electron chi connectivity index (χ2n) is 4.73. The van der Waals surface area contributed by atoms with Gasteiger partial charge in [-0.2, -0.15) is 4.31 Å². The van der Waals surface area contributed by atoms with E-state index in [0.717, 1.165) is 10.4 Å². The summed E-state index contributed by atoms with van der Waals surface area (Å²) in [7, 11) is -3.53. The van der Waals surface area contributed by atoms with Gasteiger partial charge >= 0.3 is 0 Å². The minimum absolute atomic E-state index is 0.323. The van der Waals surface area contributed by atoms with Gasteiger partial charge in [0, 0.05) is 23.7 Å².